The van der Waals surface area contributed by atoms with E-state index in [2.05, 4.69) is 42.8 Å². The maximum absolute atomic E-state index is 12.3. The molecule has 0 aliphatic heterocycles. The fourth-order valence-electron chi connectivity index (χ4n) is 2.34. The zero-order valence-corrected chi connectivity index (χ0v) is 17.8. The number of nitrogens with zero attached hydrogens (tertiary/aromatic N) is 3. The van der Waals surface area contributed by atoms with Crippen molar-refractivity contribution in [2.45, 2.75) is 33.1 Å². The van der Waals surface area contributed by atoms with Gasteiger partial charge in [0, 0.05) is 10.0 Å². The van der Waals surface area contributed by atoms with Gasteiger partial charge < -0.3 is 0 Å². The van der Waals surface area contributed by atoms with Gasteiger partial charge in [0.05, 0.1) is 28.7 Å². The third kappa shape index (κ3) is 5.05. The highest BCUT2D eigenvalue weighted by Crippen LogP contribution is 2.22. The molecule has 1 heterocycles. The van der Waals surface area contributed by atoms with Crippen LogP contribution >= 0.6 is 15.9 Å². The molecule has 2 N–H and O–H groups in total. The molecular formula is C21H22BrN5O. The molecule has 0 saturated heterocycles. The monoisotopic (exact) mass is 439 g/mol. The van der Waals surface area contributed by atoms with E-state index in [1.165, 1.54) is 0 Å². The lowest BCUT2D eigenvalue weighted by Crippen LogP contribution is -2.30. The van der Waals surface area contributed by atoms with Crippen LogP contribution in [0.1, 0.15) is 43.6 Å². The fourth-order valence-corrected chi connectivity index (χ4v) is 2.69. The van der Waals surface area contributed by atoms with Crippen LogP contribution in [0, 0.1) is 11.3 Å². The summed E-state index contributed by atoms with van der Waals surface area (Å²) < 4.78 is 0.904. The van der Waals surface area contributed by atoms with E-state index >= 15 is 0 Å². The summed E-state index contributed by atoms with van der Waals surface area (Å²) in [6.07, 6.45) is 1.55. The van der Waals surface area contributed by atoms with Gasteiger partial charge in [0.2, 0.25) is 0 Å². The number of carbonyl (C=O) groups is 1. The molecule has 1 amide bonds. The highest BCUT2D eigenvalue weighted by molar-refractivity contribution is 9.10. The van der Waals surface area contributed by atoms with E-state index in [9.17, 15) is 10.1 Å². The van der Waals surface area contributed by atoms with Crippen LogP contribution < -0.4 is 10.9 Å². The number of fused-ring (bicyclic) bond motifs is 1. The Kier molecular flexibility index (Phi) is 7.07. The summed E-state index contributed by atoms with van der Waals surface area (Å²) in [5.41, 5.74) is 7.58. The molecule has 0 bridgehead atoms. The highest BCUT2D eigenvalue weighted by atomic mass is 79.9. The number of anilines is 1. The van der Waals surface area contributed by atoms with Crippen molar-refractivity contribution in [2.24, 2.45) is 0 Å². The van der Waals surface area contributed by atoms with Gasteiger partial charge in [-0.15, -0.1) is 0 Å². The summed E-state index contributed by atoms with van der Waals surface area (Å²) in [7, 11) is 0. The highest BCUT2D eigenvalue weighted by Gasteiger charge is 2.19. The number of nitriles is 1. The van der Waals surface area contributed by atoms with Crippen LogP contribution in [0.2, 0.25) is 0 Å². The smallest absolute Gasteiger partial charge is 0.269 e. The minimum atomic E-state index is -0.595. The standard InChI is InChI=1S/C19H16BrN5O.C2H6/c1-19(2,11-21)13-5-3-12(4-6-13)18(26)25-24-17-10-22-15-8-7-14(20)9-16(15)23-17;1-2/h3-10H,1-2H3,(H,23,24)(H,25,26);1-2H3. The lowest BCUT2D eigenvalue weighted by molar-refractivity contribution is 0.0962. The molecule has 28 heavy (non-hydrogen) atoms. The van der Waals surface area contributed by atoms with Crippen LogP contribution in [-0.2, 0) is 5.41 Å². The van der Waals surface area contributed by atoms with E-state index in [4.69, 9.17) is 0 Å². The van der Waals surface area contributed by atoms with Crippen molar-refractivity contribution < 1.29 is 4.79 Å². The quantitative estimate of drug-likeness (QED) is 0.559. The Morgan fingerprint density at radius 1 is 1.11 bits per heavy atom. The number of hydrazine groups is 1. The second-order valence-electron chi connectivity index (χ2n) is 6.28. The van der Waals surface area contributed by atoms with Gasteiger partial charge in [0.1, 0.15) is 0 Å². The average molecular weight is 440 g/mol. The van der Waals surface area contributed by atoms with Crippen LogP contribution in [-0.4, -0.2) is 15.9 Å². The normalized spacial score (nSPS) is 10.4. The van der Waals surface area contributed by atoms with Gasteiger partial charge in [-0.3, -0.25) is 20.6 Å². The van der Waals surface area contributed by atoms with E-state index in [1.54, 1.807) is 30.5 Å². The van der Waals surface area contributed by atoms with Crippen LogP contribution in [0.3, 0.4) is 0 Å². The molecule has 0 radical (unpaired) electrons. The zero-order chi connectivity index (χ0) is 20.7. The third-order valence-corrected chi connectivity index (χ3v) is 4.45. The van der Waals surface area contributed by atoms with Crippen LogP contribution in [0.5, 0.6) is 0 Å². The Morgan fingerprint density at radius 2 is 1.79 bits per heavy atom. The van der Waals surface area contributed by atoms with Gasteiger partial charge in [0.15, 0.2) is 5.82 Å². The molecule has 0 spiro atoms. The van der Waals surface area contributed by atoms with Gasteiger partial charge >= 0.3 is 0 Å². The molecule has 0 atom stereocenters. The van der Waals surface area contributed by atoms with Crippen molar-refractivity contribution in [1.29, 1.82) is 5.26 Å². The van der Waals surface area contributed by atoms with Crippen molar-refractivity contribution in [2.75, 3.05) is 5.43 Å². The van der Waals surface area contributed by atoms with Crippen molar-refractivity contribution in [3.05, 3.63) is 64.3 Å². The summed E-state index contributed by atoms with van der Waals surface area (Å²) in [6, 6.07) is 14.8. The first-order valence-electron chi connectivity index (χ1n) is 8.89. The number of rotatable bonds is 4. The predicted octanol–water partition coefficient (Wildman–Crippen LogP) is 4.98. The second kappa shape index (κ2) is 9.29. The Bertz CT molecular complexity index is 1010. The molecule has 144 valence electrons. The third-order valence-electron chi connectivity index (χ3n) is 3.96. The Balaban J connectivity index is 0.00000136. The number of amides is 1. The predicted molar refractivity (Wildman–Crippen MR) is 115 cm³/mol. The second-order valence-corrected chi connectivity index (χ2v) is 7.20. The number of hydrogen-bond acceptors (Lipinski definition) is 5. The molecule has 0 aliphatic carbocycles. The first-order chi connectivity index (χ1) is 13.4. The van der Waals surface area contributed by atoms with E-state index in [1.807, 2.05) is 45.9 Å². The lowest BCUT2D eigenvalue weighted by Gasteiger charge is -2.16. The average Bonchev–Trinajstić information content (AvgIpc) is 2.73. The van der Waals surface area contributed by atoms with E-state index < -0.39 is 5.41 Å². The molecule has 3 aromatic rings. The van der Waals surface area contributed by atoms with Gasteiger partial charge in [-0.05, 0) is 49.7 Å². The maximum atomic E-state index is 12.3. The molecule has 6 nitrogen and oxygen atoms in total. The fraction of sp³-hybridized carbons (Fsp3) is 0.238. The molecule has 0 aliphatic rings. The molecule has 0 saturated carbocycles. The van der Waals surface area contributed by atoms with Crippen LogP contribution in [0.25, 0.3) is 11.0 Å². The molecule has 0 fully saturated rings. The van der Waals surface area contributed by atoms with Crippen molar-refractivity contribution in [1.82, 2.24) is 15.4 Å². The number of aromatic nitrogens is 2. The number of halogens is 1. The number of nitrogens with one attached hydrogen (secondary N) is 2. The number of hydrogen-bond donors (Lipinski definition) is 2. The largest absolute Gasteiger partial charge is 0.280 e. The molecule has 2 aromatic carbocycles. The molecule has 0 unspecified atom stereocenters. The van der Waals surface area contributed by atoms with Gasteiger partial charge in [-0.25, -0.2) is 4.98 Å². The molecular weight excluding hydrogens is 418 g/mol. The van der Waals surface area contributed by atoms with Crippen LogP contribution in [0.15, 0.2) is 53.1 Å². The van der Waals surface area contributed by atoms with E-state index in [-0.39, 0.29) is 5.91 Å². The van der Waals surface area contributed by atoms with E-state index in [0.717, 1.165) is 15.6 Å². The minimum Gasteiger partial charge on any atom is -0.280 e. The van der Waals surface area contributed by atoms with E-state index in [0.29, 0.717) is 16.9 Å². The van der Waals surface area contributed by atoms with Crippen molar-refractivity contribution in [3.63, 3.8) is 0 Å². The Labute approximate surface area is 173 Å². The van der Waals surface area contributed by atoms with Gasteiger partial charge in [0.25, 0.3) is 5.91 Å². The summed E-state index contributed by atoms with van der Waals surface area (Å²) in [6.45, 7) is 7.67. The zero-order valence-electron chi connectivity index (χ0n) is 16.2. The molecule has 1 aromatic heterocycles. The first kappa shape index (κ1) is 21.3. The summed E-state index contributed by atoms with van der Waals surface area (Å²) in [5.74, 6) is 0.133. The number of carbonyl (C=O) groups excluding carboxylic acids is 1. The topological polar surface area (TPSA) is 90.7 Å². The lowest BCUT2D eigenvalue weighted by atomic mass is 9.86. The maximum Gasteiger partial charge on any atom is 0.269 e. The van der Waals surface area contributed by atoms with Crippen molar-refractivity contribution in [3.8, 4) is 6.07 Å². The molecule has 7 heteroatoms. The number of benzene rings is 2. The minimum absolute atomic E-state index is 0.303. The van der Waals surface area contributed by atoms with Gasteiger partial charge in [-0.1, -0.05) is 41.9 Å². The van der Waals surface area contributed by atoms with Crippen LogP contribution in [0.4, 0.5) is 5.82 Å². The summed E-state index contributed by atoms with van der Waals surface area (Å²) in [5, 5.41) is 9.17. The Morgan fingerprint density at radius 3 is 2.43 bits per heavy atom. The van der Waals surface area contributed by atoms with Crippen molar-refractivity contribution >= 4 is 38.7 Å². The first-order valence-corrected chi connectivity index (χ1v) is 9.69. The molecule has 3 rings (SSSR count). The summed E-state index contributed by atoms with van der Waals surface area (Å²) >= 11 is 3.40. The SMILES string of the molecule is CC.CC(C)(C#N)c1ccc(C(=O)NNc2cnc3ccc(Br)cc3n2)cc1. The Hall–Kier alpha value is -2.98. The van der Waals surface area contributed by atoms with Gasteiger partial charge in [-0.2, -0.15) is 5.26 Å². The summed E-state index contributed by atoms with van der Waals surface area (Å²) in [4.78, 5) is 21.0.